The van der Waals surface area contributed by atoms with E-state index >= 15 is 0 Å². The first kappa shape index (κ1) is 27.1. The van der Waals surface area contributed by atoms with Gasteiger partial charge in [-0.15, -0.1) is 0 Å². The van der Waals surface area contributed by atoms with Crippen LogP contribution in [0.5, 0.6) is 5.75 Å². The van der Waals surface area contributed by atoms with Crippen molar-refractivity contribution in [3.63, 3.8) is 0 Å². The average Bonchev–Trinajstić information content (AvgIpc) is 2.89. The lowest BCUT2D eigenvalue weighted by Crippen LogP contribution is -2.50. The Balaban J connectivity index is 1.21. The summed E-state index contributed by atoms with van der Waals surface area (Å²) in [6.45, 7) is 10.2. The number of fused-ring (bicyclic) bond motifs is 1. The molecular weight excluding hydrogens is 482 g/mol. The van der Waals surface area contributed by atoms with E-state index < -0.39 is 11.6 Å². The van der Waals surface area contributed by atoms with E-state index in [1.807, 2.05) is 75.4 Å². The number of piperazine rings is 1. The summed E-state index contributed by atoms with van der Waals surface area (Å²) < 4.78 is 11.4. The molecule has 200 valence electrons. The minimum Gasteiger partial charge on any atom is -0.494 e. The fourth-order valence-electron chi connectivity index (χ4n) is 4.28. The molecule has 0 bridgehead atoms. The van der Waals surface area contributed by atoms with Crippen molar-refractivity contribution < 1.29 is 24.2 Å². The van der Waals surface area contributed by atoms with E-state index in [1.165, 1.54) is 12.3 Å². The molecule has 4 rings (SSSR count). The van der Waals surface area contributed by atoms with Crippen LogP contribution >= 0.6 is 0 Å². The summed E-state index contributed by atoms with van der Waals surface area (Å²) in [6, 6.07) is 15.0. The molecule has 1 aliphatic rings. The van der Waals surface area contributed by atoms with Crippen molar-refractivity contribution in [3.05, 3.63) is 71.4 Å². The van der Waals surface area contributed by atoms with Crippen LogP contribution in [0.25, 0.3) is 23.1 Å². The van der Waals surface area contributed by atoms with Gasteiger partial charge in [0.2, 0.25) is 0 Å². The van der Waals surface area contributed by atoms with Crippen molar-refractivity contribution in [1.29, 1.82) is 0 Å². The van der Waals surface area contributed by atoms with E-state index in [4.69, 9.17) is 9.47 Å². The van der Waals surface area contributed by atoms with Crippen LogP contribution in [0, 0.1) is 0 Å². The Morgan fingerprint density at radius 3 is 2.34 bits per heavy atom. The summed E-state index contributed by atoms with van der Waals surface area (Å²) in [6.07, 6.45) is 6.12. The van der Waals surface area contributed by atoms with Gasteiger partial charge >= 0.3 is 12.1 Å². The van der Waals surface area contributed by atoms with Gasteiger partial charge in [0.1, 0.15) is 11.4 Å². The molecule has 0 unspecified atom stereocenters. The fourth-order valence-corrected chi connectivity index (χ4v) is 4.28. The van der Waals surface area contributed by atoms with Crippen molar-refractivity contribution in [1.82, 2.24) is 14.8 Å². The van der Waals surface area contributed by atoms with Crippen LogP contribution in [0.2, 0.25) is 0 Å². The molecule has 0 aliphatic carbocycles. The maximum Gasteiger partial charge on any atom is 0.410 e. The summed E-state index contributed by atoms with van der Waals surface area (Å²) in [5.41, 5.74) is 2.36. The molecule has 8 nitrogen and oxygen atoms in total. The molecule has 38 heavy (non-hydrogen) atoms. The molecular formula is C30H35N3O5. The molecule has 0 radical (unpaired) electrons. The third-order valence-corrected chi connectivity index (χ3v) is 6.26. The maximum absolute atomic E-state index is 12.2. The molecule has 8 heteroatoms. The number of ether oxygens (including phenoxy) is 2. The second kappa shape index (κ2) is 12.1. The number of carboxylic acid groups (broad SMARTS) is 1. The molecule has 2 heterocycles. The summed E-state index contributed by atoms with van der Waals surface area (Å²) in [7, 11) is 0. The first-order chi connectivity index (χ1) is 18.2. The third-order valence-electron chi connectivity index (χ3n) is 6.26. The minimum atomic E-state index is -0.963. The van der Waals surface area contributed by atoms with E-state index in [0.29, 0.717) is 30.6 Å². The molecule has 0 spiro atoms. The van der Waals surface area contributed by atoms with E-state index in [-0.39, 0.29) is 11.7 Å². The van der Waals surface area contributed by atoms with Gasteiger partial charge in [0.15, 0.2) is 0 Å². The van der Waals surface area contributed by atoms with Gasteiger partial charge in [0.05, 0.1) is 17.7 Å². The third kappa shape index (κ3) is 7.55. The molecule has 1 N–H and O–H groups in total. The first-order valence-electron chi connectivity index (χ1n) is 12.9. The van der Waals surface area contributed by atoms with E-state index in [0.717, 1.165) is 42.9 Å². The van der Waals surface area contributed by atoms with Crippen LogP contribution in [0.3, 0.4) is 0 Å². The largest absolute Gasteiger partial charge is 0.494 e. The highest BCUT2D eigenvalue weighted by Gasteiger charge is 2.25. The number of aromatic carboxylic acids is 1. The van der Waals surface area contributed by atoms with Crippen LogP contribution < -0.4 is 4.74 Å². The molecule has 0 saturated carbocycles. The number of carbonyl (C=O) groups is 2. The van der Waals surface area contributed by atoms with Gasteiger partial charge in [-0.3, -0.25) is 9.88 Å². The lowest BCUT2D eigenvalue weighted by Gasteiger charge is -2.35. The highest BCUT2D eigenvalue weighted by atomic mass is 16.6. The summed E-state index contributed by atoms with van der Waals surface area (Å²) in [5.74, 6) is -0.144. The fraction of sp³-hybridized carbons (Fsp3) is 0.367. The van der Waals surface area contributed by atoms with E-state index in [2.05, 4.69) is 9.88 Å². The minimum absolute atomic E-state index is 0.235. The summed E-state index contributed by atoms with van der Waals surface area (Å²) in [5, 5.41) is 10.1. The molecule has 1 saturated heterocycles. The Labute approximate surface area is 223 Å². The van der Waals surface area contributed by atoms with Crippen LogP contribution in [0.15, 0.2) is 54.7 Å². The Morgan fingerprint density at radius 2 is 1.66 bits per heavy atom. The molecule has 2 aromatic carbocycles. The Kier molecular flexibility index (Phi) is 8.63. The number of hydrogen-bond donors (Lipinski definition) is 1. The molecule has 1 aromatic heterocycles. The number of benzene rings is 2. The molecule has 0 atom stereocenters. The van der Waals surface area contributed by atoms with Crippen molar-refractivity contribution in [3.8, 4) is 5.75 Å². The van der Waals surface area contributed by atoms with Crippen LogP contribution in [0.4, 0.5) is 4.79 Å². The van der Waals surface area contributed by atoms with Crippen molar-refractivity contribution >= 4 is 35.1 Å². The Morgan fingerprint density at radius 1 is 0.974 bits per heavy atom. The predicted octanol–water partition coefficient (Wildman–Crippen LogP) is 5.43. The number of carboxylic acids is 1. The number of carbonyl (C=O) groups excluding carboxylic acids is 1. The van der Waals surface area contributed by atoms with Gasteiger partial charge in [-0.05, 0) is 68.7 Å². The zero-order valence-electron chi connectivity index (χ0n) is 22.2. The van der Waals surface area contributed by atoms with Gasteiger partial charge < -0.3 is 19.5 Å². The molecule has 1 fully saturated rings. The SMILES string of the molecule is CC(C)(C)OC(=O)N1CCN(CCCOc2ccc(/C=C/c3ccc4nccc(C(=O)O)c4c3)cc2)CC1. The number of amides is 1. The molecule has 1 amide bonds. The van der Waals surface area contributed by atoms with Gasteiger partial charge in [-0.1, -0.05) is 30.4 Å². The van der Waals surface area contributed by atoms with Gasteiger partial charge in [0.25, 0.3) is 0 Å². The van der Waals surface area contributed by atoms with Crippen LogP contribution in [0.1, 0.15) is 48.7 Å². The Bertz CT molecular complexity index is 1290. The summed E-state index contributed by atoms with van der Waals surface area (Å²) >= 11 is 0. The van der Waals surface area contributed by atoms with Crippen molar-refractivity contribution in [2.24, 2.45) is 0 Å². The standard InChI is InChI=1S/C30H35N3O5/c1-30(2,3)38-29(36)33-18-16-32(17-19-33)15-4-20-37-24-10-7-22(8-11-24)5-6-23-9-12-27-26(21-23)25(28(34)35)13-14-31-27/h5-14,21H,4,15-20H2,1-3H3,(H,34,35)/b6-5+. The summed E-state index contributed by atoms with van der Waals surface area (Å²) in [4.78, 5) is 32.1. The lowest BCUT2D eigenvalue weighted by atomic mass is 10.0. The van der Waals surface area contributed by atoms with Crippen LogP contribution in [-0.2, 0) is 4.74 Å². The van der Waals surface area contributed by atoms with Gasteiger partial charge in [-0.25, -0.2) is 9.59 Å². The quantitative estimate of drug-likeness (QED) is 0.315. The maximum atomic E-state index is 12.2. The Hall–Kier alpha value is -3.91. The number of pyridine rings is 1. The number of rotatable bonds is 8. The van der Waals surface area contributed by atoms with Gasteiger partial charge in [0, 0.05) is 44.3 Å². The molecule has 1 aliphatic heterocycles. The lowest BCUT2D eigenvalue weighted by molar-refractivity contribution is 0.0142. The second-order valence-electron chi connectivity index (χ2n) is 10.4. The average molecular weight is 518 g/mol. The first-order valence-corrected chi connectivity index (χ1v) is 12.9. The van der Waals surface area contributed by atoms with E-state index in [9.17, 15) is 14.7 Å². The predicted molar refractivity (Wildman–Crippen MR) is 148 cm³/mol. The second-order valence-corrected chi connectivity index (χ2v) is 10.4. The zero-order chi connectivity index (χ0) is 27.1. The van der Waals surface area contributed by atoms with Gasteiger partial charge in [-0.2, -0.15) is 0 Å². The zero-order valence-corrected chi connectivity index (χ0v) is 22.2. The number of nitrogens with zero attached hydrogens (tertiary/aromatic N) is 3. The number of hydrogen-bond acceptors (Lipinski definition) is 6. The molecule has 3 aromatic rings. The monoisotopic (exact) mass is 517 g/mol. The van der Waals surface area contributed by atoms with Crippen LogP contribution in [-0.4, -0.2) is 76.9 Å². The van der Waals surface area contributed by atoms with E-state index in [1.54, 1.807) is 4.90 Å². The highest BCUT2D eigenvalue weighted by Crippen LogP contribution is 2.21. The highest BCUT2D eigenvalue weighted by molar-refractivity contribution is 6.03. The normalized spacial score (nSPS) is 14.7. The smallest absolute Gasteiger partial charge is 0.410 e. The van der Waals surface area contributed by atoms with Crippen molar-refractivity contribution in [2.75, 3.05) is 39.3 Å². The van der Waals surface area contributed by atoms with Crippen molar-refractivity contribution in [2.45, 2.75) is 32.8 Å². The number of aromatic nitrogens is 1. The topological polar surface area (TPSA) is 92.2 Å².